The predicted molar refractivity (Wildman–Crippen MR) is 111 cm³/mol. The molecule has 0 heterocycles. The van der Waals surface area contributed by atoms with E-state index in [0.29, 0.717) is 11.6 Å². The van der Waals surface area contributed by atoms with E-state index in [-0.39, 0.29) is 5.82 Å². The van der Waals surface area contributed by atoms with Crippen LogP contribution in [0, 0.1) is 5.82 Å². The number of benzene rings is 3. The molecule has 3 nitrogen and oxygen atoms in total. The average Bonchev–Trinajstić information content (AvgIpc) is 2.71. The van der Waals surface area contributed by atoms with Gasteiger partial charge in [-0.15, -0.1) is 0 Å². The molecule has 0 radical (unpaired) electrons. The van der Waals surface area contributed by atoms with Crippen molar-refractivity contribution in [3.05, 3.63) is 94.3 Å². The van der Waals surface area contributed by atoms with Crippen molar-refractivity contribution in [2.24, 2.45) is 0 Å². The second-order valence-corrected chi connectivity index (χ2v) is 6.85. The van der Waals surface area contributed by atoms with Crippen molar-refractivity contribution in [2.45, 2.75) is 19.6 Å². The summed E-state index contributed by atoms with van der Waals surface area (Å²) in [5.41, 5.74) is 3.16. The highest BCUT2D eigenvalue weighted by molar-refractivity contribution is 6.31. The Bertz CT molecular complexity index is 899. The van der Waals surface area contributed by atoms with Gasteiger partial charge in [-0.25, -0.2) is 4.39 Å². The van der Waals surface area contributed by atoms with Crippen molar-refractivity contribution in [2.75, 3.05) is 13.7 Å². The van der Waals surface area contributed by atoms with Gasteiger partial charge in [-0.1, -0.05) is 41.9 Å². The van der Waals surface area contributed by atoms with Crippen molar-refractivity contribution < 1.29 is 13.9 Å². The number of hydrogen-bond acceptors (Lipinski definition) is 3. The smallest absolute Gasteiger partial charge is 0.124 e. The molecule has 3 aromatic rings. The van der Waals surface area contributed by atoms with Gasteiger partial charge in [-0.3, -0.25) is 0 Å². The maximum absolute atomic E-state index is 13.1. The lowest BCUT2D eigenvalue weighted by Crippen LogP contribution is -2.16. The highest BCUT2D eigenvalue weighted by Crippen LogP contribution is 2.20. The van der Waals surface area contributed by atoms with Gasteiger partial charge in [0.15, 0.2) is 0 Å². The van der Waals surface area contributed by atoms with Crippen LogP contribution in [0.1, 0.15) is 16.7 Å². The number of ether oxygens (including phenoxy) is 2. The van der Waals surface area contributed by atoms with Crippen LogP contribution < -0.4 is 14.8 Å². The highest BCUT2D eigenvalue weighted by atomic mass is 35.5. The molecule has 0 amide bonds. The second kappa shape index (κ2) is 10.1. The van der Waals surface area contributed by atoms with Crippen LogP contribution in [-0.4, -0.2) is 13.7 Å². The molecule has 146 valence electrons. The molecule has 0 unspecified atom stereocenters. The molecule has 3 aromatic carbocycles. The first kappa shape index (κ1) is 20.2. The first-order valence-electron chi connectivity index (χ1n) is 9.13. The van der Waals surface area contributed by atoms with Crippen LogP contribution in [0.3, 0.4) is 0 Å². The van der Waals surface area contributed by atoms with Gasteiger partial charge in [0.25, 0.3) is 0 Å². The molecular formula is C23H23ClFNO2. The maximum atomic E-state index is 13.1. The number of halogens is 2. The van der Waals surface area contributed by atoms with Gasteiger partial charge in [-0.2, -0.15) is 0 Å². The third-order valence-electron chi connectivity index (χ3n) is 4.39. The minimum absolute atomic E-state index is 0.299. The standard InChI is InChI=1S/C23H23ClFNO2/c1-27-21-9-5-17(6-10-21)11-12-26-15-18-3-2-4-22(13-18)28-16-19-7-8-20(25)14-23(19)24/h2-10,13-14,26H,11-12,15-16H2,1H3. The summed E-state index contributed by atoms with van der Waals surface area (Å²) in [5.74, 6) is 1.28. The summed E-state index contributed by atoms with van der Waals surface area (Å²) in [6, 6.07) is 20.3. The zero-order valence-electron chi connectivity index (χ0n) is 15.8. The predicted octanol–water partition coefficient (Wildman–Crippen LogP) is 5.40. The maximum Gasteiger partial charge on any atom is 0.124 e. The highest BCUT2D eigenvalue weighted by Gasteiger charge is 2.04. The topological polar surface area (TPSA) is 30.5 Å². The van der Waals surface area contributed by atoms with Gasteiger partial charge in [0.1, 0.15) is 23.9 Å². The Hall–Kier alpha value is -2.56. The Morgan fingerprint density at radius 2 is 1.75 bits per heavy atom. The summed E-state index contributed by atoms with van der Waals surface area (Å²) in [6.45, 7) is 1.93. The molecule has 0 aliphatic heterocycles. The molecule has 0 aromatic heterocycles. The van der Waals surface area contributed by atoms with E-state index in [1.54, 1.807) is 13.2 Å². The Kier molecular flexibility index (Phi) is 7.29. The molecule has 5 heteroatoms. The van der Waals surface area contributed by atoms with Gasteiger partial charge in [0.2, 0.25) is 0 Å². The minimum Gasteiger partial charge on any atom is -0.497 e. The van der Waals surface area contributed by atoms with Crippen LogP contribution in [0.4, 0.5) is 4.39 Å². The van der Waals surface area contributed by atoms with Crippen LogP contribution in [0.15, 0.2) is 66.7 Å². The molecule has 0 fully saturated rings. The monoisotopic (exact) mass is 399 g/mol. The number of nitrogens with one attached hydrogen (secondary N) is 1. The minimum atomic E-state index is -0.350. The molecule has 28 heavy (non-hydrogen) atoms. The molecule has 0 bridgehead atoms. The lowest BCUT2D eigenvalue weighted by Gasteiger charge is -2.10. The third-order valence-corrected chi connectivity index (χ3v) is 4.74. The van der Waals surface area contributed by atoms with Crippen molar-refractivity contribution in [3.63, 3.8) is 0 Å². The first-order chi connectivity index (χ1) is 13.6. The molecule has 0 aliphatic rings. The van der Waals surface area contributed by atoms with E-state index in [1.807, 2.05) is 30.3 Å². The van der Waals surface area contributed by atoms with E-state index in [0.717, 1.165) is 42.1 Å². The van der Waals surface area contributed by atoms with Gasteiger partial charge < -0.3 is 14.8 Å². The quantitative estimate of drug-likeness (QED) is 0.489. The molecule has 1 N–H and O–H groups in total. The molecule has 0 saturated heterocycles. The zero-order chi connectivity index (χ0) is 19.8. The molecular weight excluding hydrogens is 377 g/mol. The summed E-state index contributed by atoms with van der Waals surface area (Å²) in [7, 11) is 1.67. The molecule has 3 rings (SSSR count). The average molecular weight is 400 g/mol. The van der Waals surface area contributed by atoms with E-state index in [1.165, 1.54) is 17.7 Å². The number of hydrogen-bond donors (Lipinski definition) is 1. The Morgan fingerprint density at radius 3 is 2.50 bits per heavy atom. The van der Waals surface area contributed by atoms with Crippen LogP contribution in [0.25, 0.3) is 0 Å². The van der Waals surface area contributed by atoms with E-state index < -0.39 is 0 Å². The molecule has 0 saturated carbocycles. The molecule has 0 spiro atoms. The second-order valence-electron chi connectivity index (χ2n) is 6.45. The van der Waals surface area contributed by atoms with Crippen molar-refractivity contribution in [1.82, 2.24) is 5.32 Å². The normalized spacial score (nSPS) is 10.7. The van der Waals surface area contributed by atoms with Crippen LogP contribution in [0.5, 0.6) is 11.5 Å². The van der Waals surface area contributed by atoms with E-state index in [4.69, 9.17) is 21.1 Å². The van der Waals surface area contributed by atoms with Gasteiger partial charge in [-0.05, 0) is 60.5 Å². The summed E-state index contributed by atoms with van der Waals surface area (Å²) >= 11 is 6.04. The number of rotatable bonds is 9. The Balaban J connectivity index is 1.46. The fraction of sp³-hybridized carbons (Fsp3) is 0.217. The SMILES string of the molecule is COc1ccc(CCNCc2cccc(OCc3ccc(F)cc3Cl)c2)cc1. The van der Waals surface area contributed by atoms with Gasteiger partial charge in [0.05, 0.1) is 12.1 Å². The summed E-state index contributed by atoms with van der Waals surface area (Å²) < 4.78 is 24.1. The van der Waals surface area contributed by atoms with Crippen LogP contribution in [-0.2, 0) is 19.6 Å². The van der Waals surface area contributed by atoms with Crippen molar-refractivity contribution in [3.8, 4) is 11.5 Å². The first-order valence-corrected chi connectivity index (χ1v) is 9.51. The molecule has 0 aliphatic carbocycles. The van der Waals surface area contributed by atoms with E-state index in [2.05, 4.69) is 23.5 Å². The Morgan fingerprint density at radius 1 is 0.929 bits per heavy atom. The van der Waals surface area contributed by atoms with Gasteiger partial charge in [0, 0.05) is 12.1 Å². The zero-order valence-corrected chi connectivity index (χ0v) is 16.5. The lowest BCUT2D eigenvalue weighted by atomic mass is 10.1. The van der Waals surface area contributed by atoms with Gasteiger partial charge >= 0.3 is 0 Å². The fourth-order valence-corrected chi connectivity index (χ4v) is 3.02. The van der Waals surface area contributed by atoms with Crippen molar-refractivity contribution in [1.29, 1.82) is 0 Å². The Labute approximate surface area is 170 Å². The van der Waals surface area contributed by atoms with E-state index in [9.17, 15) is 4.39 Å². The van der Waals surface area contributed by atoms with E-state index >= 15 is 0 Å². The summed E-state index contributed by atoms with van der Waals surface area (Å²) in [5, 5.41) is 3.82. The van der Waals surface area contributed by atoms with Crippen LogP contribution >= 0.6 is 11.6 Å². The summed E-state index contributed by atoms with van der Waals surface area (Å²) in [6.07, 6.45) is 0.948. The molecule has 0 atom stereocenters. The largest absolute Gasteiger partial charge is 0.497 e. The van der Waals surface area contributed by atoms with Crippen molar-refractivity contribution >= 4 is 11.6 Å². The third kappa shape index (κ3) is 5.98. The van der Waals surface area contributed by atoms with Crippen LogP contribution in [0.2, 0.25) is 5.02 Å². The number of methoxy groups -OCH3 is 1. The summed E-state index contributed by atoms with van der Waals surface area (Å²) in [4.78, 5) is 0. The fourth-order valence-electron chi connectivity index (χ4n) is 2.80. The lowest BCUT2D eigenvalue weighted by molar-refractivity contribution is 0.306.